The van der Waals surface area contributed by atoms with Gasteiger partial charge in [-0.25, -0.2) is 26.9 Å². The van der Waals surface area contributed by atoms with E-state index in [1.165, 1.54) is 23.8 Å². The molecule has 0 bridgehead atoms. The van der Waals surface area contributed by atoms with Crippen molar-refractivity contribution in [2.24, 2.45) is 11.8 Å². The predicted molar refractivity (Wildman–Crippen MR) is 143 cm³/mol. The fourth-order valence-corrected chi connectivity index (χ4v) is 5.32. The largest absolute Gasteiger partial charge is 0.347 e. The first kappa shape index (κ1) is 29.9. The molecule has 3 N–H and O–H groups in total. The number of hydrogen-bond donors (Lipinski definition) is 3. The molecule has 4 atom stereocenters. The molecule has 3 aromatic rings. The lowest BCUT2D eigenvalue weighted by Gasteiger charge is -2.33. The highest BCUT2D eigenvalue weighted by Crippen LogP contribution is 2.41. The van der Waals surface area contributed by atoms with Crippen molar-refractivity contribution in [2.75, 3.05) is 6.67 Å². The van der Waals surface area contributed by atoms with Gasteiger partial charge < -0.3 is 15.6 Å². The van der Waals surface area contributed by atoms with Crippen molar-refractivity contribution in [3.05, 3.63) is 41.5 Å². The van der Waals surface area contributed by atoms with Gasteiger partial charge in [-0.15, -0.1) is 5.10 Å². The molecule has 0 radical (unpaired) electrons. The van der Waals surface area contributed by atoms with E-state index in [1.54, 1.807) is 25.1 Å². The Morgan fingerprint density at radius 2 is 1.88 bits per heavy atom. The van der Waals surface area contributed by atoms with Crippen LogP contribution in [0.25, 0.3) is 11.0 Å². The molecule has 2 unspecified atom stereocenters. The molecule has 1 aromatic carbocycles. The molecule has 2 aliphatic carbocycles. The van der Waals surface area contributed by atoms with E-state index >= 15 is 0 Å². The van der Waals surface area contributed by atoms with Crippen molar-refractivity contribution < 1.29 is 31.5 Å². The summed E-state index contributed by atoms with van der Waals surface area (Å²) in [5.41, 5.74) is 1.70. The monoisotopic (exact) mass is 595 g/mol. The number of amides is 2. The summed E-state index contributed by atoms with van der Waals surface area (Å²) in [5, 5.41) is 13.7. The summed E-state index contributed by atoms with van der Waals surface area (Å²) in [6, 6.07) is 3.50. The molecule has 2 heterocycles. The van der Waals surface area contributed by atoms with Crippen molar-refractivity contribution in [3.8, 4) is 0 Å². The summed E-state index contributed by atoms with van der Waals surface area (Å²) >= 11 is 0. The van der Waals surface area contributed by atoms with E-state index in [1.807, 2.05) is 0 Å². The van der Waals surface area contributed by atoms with E-state index < -0.39 is 48.8 Å². The number of rotatable bonds is 12. The second-order valence-corrected chi connectivity index (χ2v) is 11.4. The maximum Gasteiger partial charge on any atom is 0.274 e. The molecule has 42 heavy (non-hydrogen) atoms. The highest BCUT2D eigenvalue weighted by Gasteiger charge is 2.40. The molecule has 0 saturated heterocycles. The van der Waals surface area contributed by atoms with E-state index in [0.29, 0.717) is 34.9 Å². The second kappa shape index (κ2) is 12.3. The average Bonchev–Trinajstić information content (AvgIpc) is 3.51. The molecular weight excluding hydrogens is 561 g/mol. The fourth-order valence-electron chi connectivity index (χ4n) is 5.32. The van der Waals surface area contributed by atoms with Gasteiger partial charge >= 0.3 is 0 Å². The van der Waals surface area contributed by atoms with Crippen LogP contribution < -0.4 is 10.6 Å². The zero-order chi connectivity index (χ0) is 30.0. The van der Waals surface area contributed by atoms with E-state index in [-0.39, 0.29) is 37.3 Å². The van der Waals surface area contributed by atoms with Crippen molar-refractivity contribution in [2.45, 2.75) is 88.8 Å². The fraction of sp³-hybridized carbons (Fsp3) is 0.607. The SMILES string of the molecule is C[C@@H](NC(=O)C(F)C(F)CF)c1ccc2nc([C@@H](NC(=O)c3cnn(CCC4CC4)n3)C3CCC(F)(F)CC3)[nH]c2c1. The first-order valence-electron chi connectivity index (χ1n) is 14.3. The van der Waals surface area contributed by atoms with E-state index in [9.17, 15) is 31.5 Å². The molecule has 0 aliphatic heterocycles. The Bertz CT molecular complexity index is 1400. The molecule has 2 aromatic heterocycles. The number of hydrogen-bond acceptors (Lipinski definition) is 5. The van der Waals surface area contributed by atoms with Crippen LogP contribution in [0.4, 0.5) is 22.0 Å². The molecule has 2 fully saturated rings. The van der Waals surface area contributed by atoms with Crippen LogP contribution in [0.1, 0.15) is 85.8 Å². The van der Waals surface area contributed by atoms with Gasteiger partial charge in [-0.05, 0) is 55.7 Å². The van der Waals surface area contributed by atoms with Crippen LogP contribution in [0.3, 0.4) is 0 Å². The first-order chi connectivity index (χ1) is 20.0. The lowest BCUT2D eigenvalue weighted by Crippen LogP contribution is -2.39. The number of fused-ring (bicyclic) bond motifs is 1. The third kappa shape index (κ3) is 7.06. The van der Waals surface area contributed by atoms with Crippen LogP contribution in [0.15, 0.2) is 24.4 Å². The van der Waals surface area contributed by atoms with E-state index in [0.717, 1.165) is 6.42 Å². The highest BCUT2D eigenvalue weighted by molar-refractivity contribution is 5.92. The van der Waals surface area contributed by atoms with Crippen molar-refractivity contribution >= 4 is 22.8 Å². The average molecular weight is 596 g/mol. The van der Waals surface area contributed by atoms with Crippen LogP contribution in [0.2, 0.25) is 0 Å². The van der Waals surface area contributed by atoms with Crippen LogP contribution in [0, 0.1) is 11.8 Å². The number of carbonyl (C=O) groups is 2. The van der Waals surface area contributed by atoms with Gasteiger partial charge in [0.05, 0.1) is 35.9 Å². The number of halogens is 5. The summed E-state index contributed by atoms with van der Waals surface area (Å²) in [4.78, 5) is 34.5. The standard InChI is InChI=1S/C28H34F5N7O2/c1-15(35-27(42)23(31)19(30)13-29)18-4-5-20-21(12-18)37-25(36-20)24(17-6-9-28(32,33)10-7-17)38-26(41)22-14-34-40(39-22)11-8-16-2-3-16/h4-5,12,14-17,19,23-24H,2-3,6-11,13H2,1H3,(H,35,42)(H,36,37)(H,38,41)/t15-,19?,23?,24+/m1/s1. The Morgan fingerprint density at radius 3 is 2.57 bits per heavy atom. The Kier molecular flexibility index (Phi) is 8.78. The number of alkyl halides is 5. The topological polar surface area (TPSA) is 118 Å². The van der Waals surface area contributed by atoms with Gasteiger partial charge in [-0.2, -0.15) is 9.90 Å². The molecule has 228 valence electrons. The van der Waals surface area contributed by atoms with E-state index in [2.05, 4.69) is 30.8 Å². The maximum atomic E-state index is 14.0. The third-order valence-electron chi connectivity index (χ3n) is 8.12. The smallest absolute Gasteiger partial charge is 0.274 e. The van der Waals surface area contributed by atoms with Gasteiger partial charge in [-0.3, -0.25) is 9.59 Å². The molecule has 2 saturated carbocycles. The number of aryl methyl sites for hydroxylation is 1. The number of nitrogens with one attached hydrogen (secondary N) is 3. The molecule has 2 aliphatic rings. The maximum absolute atomic E-state index is 14.0. The number of benzene rings is 1. The second-order valence-electron chi connectivity index (χ2n) is 11.4. The molecule has 0 spiro atoms. The molecule has 14 heteroatoms. The van der Waals surface area contributed by atoms with Gasteiger partial charge in [0.25, 0.3) is 11.8 Å². The lowest BCUT2D eigenvalue weighted by atomic mass is 9.81. The van der Waals surface area contributed by atoms with Crippen molar-refractivity contribution in [1.29, 1.82) is 0 Å². The number of imidazole rings is 1. The normalized spacial score (nSPS) is 20.1. The zero-order valence-corrected chi connectivity index (χ0v) is 23.1. The highest BCUT2D eigenvalue weighted by atomic mass is 19.3. The summed E-state index contributed by atoms with van der Waals surface area (Å²) in [6.07, 6.45) is -0.715. The number of aromatic nitrogens is 5. The third-order valence-corrected chi connectivity index (χ3v) is 8.12. The lowest BCUT2D eigenvalue weighted by molar-refractivity contribution is -0.129. The van der Waals surface area contributed by atoms with Crippen LogP contribution >= 0.6 is 0 Å². The number of H-pyrrole nitrogens is 1. The molecule has 5 rings (SSSR count). The van der Waals surface area contributed by atoms with Gasteiger partial charge in [0.15, 0.2) is 11.9 Å². The van der Waals surface area contributed by atoms with Crippen LogP contribution in [0.5, 0.6) is 0 Å². The summed E-state index contributed by atoms with van der Waals surface area (Å²) in [5.74, 6) is -3.78. The Morgan fingerprint density at radius 1 is 1.14 bits per heavy atom. The molecule has 2 amide bonds. The first-order valence-corrected chi connectivity index (χ1v) is 14.3. The van der Waals surface area contributed by atoms with Gasteiger partial charge in [0.1, 0.15) is 12.5 Å². The quantitative estimate of drug-likeness (QED) is 0.253. The van der Waals surface area contributed by atoms with Crippen molar-refractivity contribution in [1.82, 2.24) is 35.6 Å². The minimum absolute atomic E-state index is 0.120. The van der Waals surface area contributed by atoms with Gasteiger partial charge in [-0.1, -0.05) is 18.9 Å². The van der Waals surface area contributed by atoms with Gasteiger partial charge in [0, 0.05) is 12.8 Å². The number of carbonyl (C=O) groups excluding carboxylic acids is 2. The molecular formula is C28H34F5N7O2. The summed E-state index contributed by atoms with van der Waals surface area (Å²) in [6.45, 7) is 0.565. The van der Waals surface area contributed by atoms with Crippen LogP contribution in [-0.4, -0.2) is 61.7 Å². The zero-order valence-electron chi connectivity index (χ0n) is 23.1. The number of nitrogens with zero attached hydrogens (tertiary/aromatic N) is 4. The predicted octanol–water partition coefficient (Wildman–Crippen LogP) is 5.07. The number of aromatic amines is 1. The van der Waals surface area contributed by atoms with E-state index in [4.69, 9.17) is 0 Å². The Labute approximate surface area is 239 Å². The molecule has 9 nitrogen and oxygen atoms in total. The minimum Gasteiger partial charge on any atom is -0.347 e. The minimum atomic E-state index is -2.76. The summed E-state index contributed by atoms with van der Waals surface area (Å²) in [7, 11) is 0. The van der Waals surface area contributed by atoms with Crippen LogP contribution in [-0.2, 0) is 11.3 Å². The van der Waals surface area contributed by atoms with Crippen molar-refractivity contribution in [3.63, 3.8) is 0 Å². The Hall–Kier alpha value is -3.58. The van der Waals surface area contributed by atoms with Gasteiger partial charge in [0.2, 0.25) is 12.1 Å². The summed E-state index contributed by atoms with van der Waals surface area (Å²) < 4.78 is 67.5. The Balaban J connectivity index is 1.34.